The van der Waals surface area contributed by atoms with Gasteiger partial charge in [0, 0.05) is 19.3 Å². The summed E-state index contributed by atoms with van der Waals surface area (Å²) in [6.45, 7) is 0.729. The number of amides is 1. The van der Waals surface area contributed by atoms with Crippen molar-refractivity contribution in [1.82, 2.24) is 9.88 Å². The number of aromatic nitrogens is 1. The van der Waals surface area contributed by atoms with Crippen molar-refractivity contribution < 1.29 is 23.1 Å². The van der Waals surface area contributed by atoms with Crippen molar-refractivity contribution >= 4 is 11.7 Å². The first-order valence-corrected chi connectivity index (χ1v) is 6.61. The van der Waals surface area contributed by atoms with Crippen LogP contribution in [-0.2, 0) is 11.0 Å². The number of carbonyl (C=O) groups excluding carboxylic acids is 1. The smallest absolute Gasteiger partial charge is 0.395 e. The number of nitrogens with one attached hydrogen (secondary N) is 1. The molecule has 2 N–H and O–H groups in total. The third-order valence-corrected chi connectivity index (χ3v) is 3.31. The van der Waals surface area contributed by atoms with Gasteiger partial charge in [0.05, 0.1) is 12.2 Å². The molecular formula is C13H16F3N3O2. The summed E-state index contributed by atoms with van der Waals surface area (Å²) in [6, 6.07) is 1.62. The number of aliphatic hydroxyl groups is 1. The van der Waals surface area contributed by atoms with E-state index in [4.69, 9.17) is 5.11 Å². The molecule has 0 aromatic carbocycles. The Hall–Kier alpha value is -1.83. The quantitative estimate of drug-likeness (QED) is 0.884. The first-order chi connectivity index (χ1) is 9.91. The van der Waals surface area contributed by atoms with Gasteiger partial charge >= 0.3 is 6.18 Å². The van der Waals surface area contributed by atoms with Crippen LogP contribution < -0.4 is 5.32 Å². The van der Waals surface area contributed by atoms with E-state index in [1.54, 1.807) is 0 Å². The fraction of sp³-hybridized carbons (Fsp3) is 0.538. The van der Waals surface area contributed by atoms with Crippen molar-refractivity contribution in [3.63, 3.8) is 0 Å². The van der Waals surface area contributed by atoms with Crippen LogP contribution in [0.1, 0.15) is 18.4 Å². The molecule has 0 bridgehead atoms. The molecule has 1 amide bonds. The highest BCUT2D eigenvalue weighted by Crippen LogP contribution is 2.29. The van der Waals surface area contributed by atoms with Gasteiger partial charge in [-0.2, -0.15) is 13.2 Å². The van der Waals surface area contributed by atoms with Crippen molar-refractivity contribution in [2.24, 2.45) is 0 Å². The molecular weight excluding hydrogens is 287 g/mol. The molecule has 2 rings (SSSR count). The number of anilines is 1. The van der Waals surface area contributed by atoms with Crippen molar-refractivity contribution in [2.45, 2.75) is 25.1 Å². The summed E-state index contributed by atoms with van der Waals surface area (Å²) in [5.74, 6) is 0.0594. The molecule has 116 valence electrons. The van der Waals surface area contributed by atoms with Gasteiger partial charge in [-0.05, 0) is 25.0 Å². The Morgan fingerprint density at radius 1 is 1.43 bits per heavy atom. The van der Waals surface area contributed by atoms with Crippen molar-refractivity contribution in [3.8, 4) is 0 Å². The second-order valence-corrected chi connectivity index (χ2v) is 4.82. The minimum atomic E-state index is -4.43. The number of hydrogen-bond acceptors (Lipinski definition) is 4. The van der Waals surface area contributed by atoms with Crippen LogP contribution in [-0.4, -0.2) is 46.6 Å². The average molecular weight is 303 g/mol. The minimum Gasteiger partial charge on any atom is -0.395 e. The summed E-state index contributed by atoms with van der Waals surface area (Å²) in [5.41, 5.74) is -0.829. The number of pyridine rings is 1. The predicted octanol–water partition coefficient (Wildman–Crippen LogP) is 1.50. The zero-order valence-electron chi connectivity index (χ0n) is 11.2. The van der Waals surface area contributed by atoms with Gasteiger partial charge in [-0.15, -0.1) is 0 Å². The molecule has 5 nitrogen and oxygen atoms in total. The van der Waals surface area contributed by atoms with Crippen LogP contribution in [0, 0.1) is 0 Å². The van der Waals surface area contributed by atoms with Gasteiger partial charge < -0.3 is 15.3 Å². The largest absolute Gasteiger partial charge is 0.417 e. The maximum atomic E-state index is 12.4. The summed E-state index contributed by atoms with van der Waals surface area (Å²) in [5, 5.41) is 11.7. The van der Waals surface area contributed by atoms with Gasteiger partial charge in [0.2, 0.25) is 5.91 Å². The summed E-state index contributed by atoms with van der Waals surface area (Å²) < 4.78 is 37.3. The fourth-order valence-electron chi connectivity index (χ4n) is 2.24. The highest BCUT2D eigenvalue weighted by Gasteiger charge is 2.31. The SMILES string of the molecule is O=C1[C@@H](Nc2ccc(C(F)(F)F)cn2)CCCN1CCO. The molecule has 0 saturated carbocycles. The van der Waals surface area contributed by atoms with Gasteiger partial charge in [0.1, 0.15) is 11.9 Å². The molecule has 0 unspecified atom stereocenters. The molecule has 0 spiro atoms. The molecule has 1 aliphatic rings. The van der Waals surface area contributed by atoms with Gasteiger partial charge in [-0.3, -0.25) is 4.79 Å². The Kier molecular flexibility index (Phi) is 4.66. The molecule has 1 aromatic heterocycles. The fourth-order valence-corrected chi connectivity index (χ4v) is 2.24. The van der Waals surface area contributed by atoms with Crippen molar-refractivity contribution in [1.29, 1.82) is 0 Å². The minimum absolute atomic E-state index is 0.114. The molecule has 1 aromatic rings. The number of alkyl halides is 3. The summed E-state index contributed by atoms with van der Waals surface area (Å²) >= 11 is 0. The Balaban J connectivity index is 2.02. The van der Waals surface area contributed by atoms with Crippen LogP contribution >= 0.6 is 0 Å². The molecule has 0 radical (unpaired) electrons. The number of nitrogens with zero attached hydrogens (tertiary/aromatic N) is 2. The van der Waals surface area contributed by atoms with Gasteiger partial charge in [-0.1, -0.05) is 0 Å². The first-order valence-electron chi connectivity index (χ1n) is 6.61. The Morgan fingerprint density at radius 2 is 2.19 bits per heavy atom. The molecule has 21 heavy (non-hydrogen) atoms. The van der Waals surface area contributed by atoms with Crippen LogP contribution in [0.15, 0.2) is 18.3 Å². The number of rotatable bonds is 4. The second-order valence-electron chi connectivity index (χ2n) is 4.82. The van der Waals surface area contributed by atoms with Crippen LogP contribution in [0.3, 0.4) is 0 Å². The highest BCUT2D eigenvalue weighted by atomic mass is 19.4. The Labute approximate surface area is 119 Å². The predicted molar refractivity (Wildman–Crippen MR) is 69.5 cm³/mol. The monoisotopic (exact) mass is 303 g/mol. The lowest BCUT2D eigenvalue weighted by Gasteiger charge is -2.32. The standard InChI is InChI=1S/C13H16F3N3O2/c14-13(15,16)9-3-4-11(17-8-9)18-10-2-1-5-19(6-7-20)12(10)21/h3-4,8,10,20H,1-2,5-7H2,(H,17,18)/t10-/m0/s1. The zero-order chi connectivity index (χ0) is 15.5. The van der Waals surface area contributed by atoms with E-state index in [0.717, 1.165) is 18.7 Å². The van der Waals surface area contributed by atoms with E-state index < -0.39 is 17.8 Å². The van der Waals surface area contributed by atoms with Gasteiger partial charge in [-0.25, -0.2) is 4.98 Å². The lowest BCUT2D eigenvalue weighted by Crippen LogP contribution is -2.48. The molecule has 1 atom stereocenters. The number of aliphatic hydroxyl groups excluding tert-OH is 1. The number of halogens is 3. The maximum Gasteiger partial charge on any atom is 0.417 e. The van der Waals surface area contributed by atoms with E-state index in [-0.39, 0.29) is 24.9 Å². The molecule has 8 heteroatoms. The summed E-state index contributed by atoms with van der Waals surface area (Å²) in [6.07, 6.45) is -2.33. The number of piperidine rings is 1. The second kappa shape index (κ2) is 6.30. The summed E-state index contributed by atoms with van der Waals surface area (Å²) in [7, 11) is 0. The molecule has 1 saturated heterocycles. The van der Waals surface area contributed by atoms with Crippen LogP contribution in [0.4, 0.5) is 19.0 Å². The van der Waals surface area contributed by atoms with E-state index >= 15 is 0 Å². The molecule has 1 aliphatic heterocycles. The summed E-state index contributed by atoms with van der Waals surface area (Å²) in [4.78, 5) is 17.3. The van der Waals surface area contributed by atoms with E-state index in [1.807, 2.05) is 0 Å². The maximum absolute atomic E-state index is 12.4. The number of hydrogen-bond donors (Lipinski definition) is 2. The molecule has 2 heterocycles. The van der Waals surface area contributed by atoms with E-state index in [9.17, 15) is 18.0 Å². The first kappa shape index (κ1) is 15.6. The van der Waals surface area contributed by atoms with Crippen molar-refractivity contribution in [2.75, 3.05) is 25.0 Å². The normalized spacial score (nSPS) is 19.7. The Morgan fingerprint density at radius 3 is 2.76 bits per heavy atom. The molecule has 1 fully saturated rings. The highest BCUT2D eigenvalue weighted by molar-refractivity contribution is 5.85. The third kappa shape index (κ3) is 3.84. The topological polar surface area (TPSA) is 65.5 Å². The van der Waals surface area contributed by atoms with E-state index in [0.29, 0.717) is 13.0 Å². The number of β-amino-alcohol motifs (C(OH)–C–C–N with tert-alkyl or cyclic N) is 1. The van der Waals surface area contributed by atoms with Gasteiger partial charge in [0.15, 0.2) is 0 Å². The number of carbonyl (C=O) groups is 1. The van der Waals surface area contributed by atoms with Crippen molar-refractivity contribution in [3.05, 3.63) is 23.9 Å². The third-order valence-electron chi connectivity index (χ3n) is 3.31. The van der Waals surface area contributed by atoms with Gasteiger partial charge in [0.25, 0.3) is 0 Å². The molecule has 0 aliphatic carbocycles. The number of likely N-dealkylation sites (tertiary alicyclic amines) is 1. The van der Waals surface area contributed by atoms with Crippen LogP contribution in [0.2, 0.25) is 0 Å². The lowest BCUT2D eigenvalue weighted by molar-refractivity contribution is -0.138. The average Bonchev–Trinajstić information content (AvgIpc) is 2.43. The Bertz CT molecular complexity index is 488. The van der Waals surface area contributed by atoms with Crippen LogP contribution in [0.25, 0.3) is 0 Å². The zero-order valence-corrected chi connectivity index (χ0v) is 11.2. The van der Waals surface area contributed by atoms with Crippen LogP contribution in [0.5, 0.6) is 0 Å². The van der Waals surface area contributed by atoms with E-state index in [1.165, 1.54) is 11.0 Å². The van der Waals surface area contributed by atoms with E-state index in [2.05, 4.69) is 10.3 Å². The lowest BCUT2D eigenvalue weighted by atomic mass is 10.0.